The van der Waals surface area contributed by atoms with E-state index in [-0.39, 0.29) is 16.6 Å². The van der Waals surface area contributed by atoms with Crippen LogP contribution in [0.3, 0.4) is 0 Å². The molecule has 0 radical (unpaired) electrons. The standard InChI is InChI=1S/C23H32N2O5S2/c1-3-30-22(29)18(10-9-17-7-5-4-6-8-17)24-16(2)20(26)25-12-11-23(31-13-14-32-23)15-19(25)21(27)28/h4-8,16,18-19,24H,3,9-15H2,1-2H3,(H,27,28)/t16-,18?,19-/m0/s1. The lowest BCUT2D eigenvalue weighted by atomic mass is 9.99. The Morgan fingerprint density at radius 1 is 1.25 bits per heavy atom. The Kier molecular flexibility index (Phi) is 8.90. The van der Waals surface area contributed by atoms with E-state index in [9.17, 15) is 19.5 Å². The highest BCUT2D eigenvalue weighted by Gasteiger charge is 2.47. The summed E-state index contributed by atoms with van der Waals surface area (Å²) in [6.45, 7) is 4.12. The van der Waals surface area contributed by atoms with Crippen LogP contribution in [0.1, 0.15) is 38.7 Å². The summed E-state index contributed by atoms with van der Waals surface area (Å²) < 4.78 is 5.12. The Bertz CT molecular complexity index is 801. The van der Waals surface area contributed by atoms with Crippen molar-refractivity contribution in [2.75, 3.05) is 24.7 Å². The highest BCUT2D eigenvalue weighted by atomic mass is 32.2. The maximum Gasteiger partial charge on any atom is 0.326 e. The van der Waals surface area contributed by atoms with Gasteiger partial charge in [-0.1, -0.05) is 30.3 Å². The average molecular weight is 481 g/mol. The van der Waals surface area contributed by atoms with Crippen molar-refractivity contribution in [2.45, 2.75) is 61.7 Å². The minimum Gasteiger partial charge on any atom is -0.480 e. The van der Waals surface area contributed by atoms with Gasteiger partial charge in [-0.25, -0.2) is 4.79 Å². The molecule has 32 heavy (non-hydrogen) atoms. The maximum absolute atomic E-state index is 13.2. The normalized spacial score (nSPS) is 21.8. The number of nitrogens with one attached hydrogen (secondary N) is 1. The zero-order chi connectivity index (χ0) is 23.1. The lowest BCUT2D eigenvalue weighted by molar-refractivity contribution is -0.153. The number of carbonyl (C=O) groups excluding carboxylic acids is 2. The maximum atomic E-state index is 13.2. The molecule has 176 valence electrons. The van der Waals surface area contributed by atoms with Crippen LogP contribution in [0.15, 0.2) is 30.3 Å². The van der Waals surface area contributed by atoms with Gasteiger partial charge in [0.05, 0.1) is 16.7 Å². The molecule has 0 aromatic heterocycles. The van der Waals surface area contributed by atoms with Crippen LogP contribution in [0.2, 0.25) is 0 Å². The number of likely N-dealkylation sites (tertiary alicyclic amines) is 1. The van der Waals surface area contributed by atoms with E-state index in [1.165, 1.54) is 4.90 Å². The number of hydrogen-bond acceptors (Lipinski definition) is 7. The molecule has 0 bridgehead atoms. The Morgan fingerprint density at radius 3 is 2.56 bits per heavy atom. The number of carboxylic acids is 1. The summed E-state index contributed by atoms with van der Waals surface area (Å²) in [4.78, 5) is 39.2. The predicted molar refractivity (Wildman–Crippen MR) is 128 cm³/mol. The number of rotatable bonds is 9. The van der Waals surface area contributed by atoms with Gasteiger partial charge in [-0.15, -0.1) is 23.5 Å². The summed E-state index contributed by atoms with van der Waals surface area (Å²) in [5.74, 6) is 0.393. The van der Waals surface area contributed by atoms with Gasteiger partial charge < -0.3 is 14.7 Å². The van der Waals surface area contributed by atoms with Crippen LogP contribution in [-0.2, 0) is 25.5 Å². The molecule has 9 heteroatoms. The first-order valence-electron chi connectivity index (χ1n) is 11.1. The van der Waals surface area contributed by atoms with Crippen molar-refractivity contribution >= 4 is 41.4 Å². The van der Waals surface area contributed by atoms with Crippen molar-refractivity contribution in [3.05, 3.63) is 35.9 Å². The Morgan fingerprint density at radius 2 is 1.94 bits per heavy atom. The monoisotopic (exact) mass is 480 g/mol. The number of carboxylic acid groups (broad SMARTS) is 1. The second-order valence-electron chi connectivity index (χ2n) is 8.16. The zero-order valence-corrected chi connectivity index (χ0v) is 20.3. The van der Waals surface area contributed by atoms with E-state index in [0.717, 1.165) is 23.5 Å². The minimum atomic E-state index is -0.969. The van der Waals surface area contributed by atoms with E-state index < -0.39 is 30.1 Å². The molecule has 2 saturated heterocycles. The SMILES string of the molecule is CCOC(=O)C(CCc1ccccc1)N[C@@H](C)C(=O)N1CCC2(C[C@H]1C(=O)O)SCCS2. The van der Waals surface area contributed by atoms with Crippen molar-refractivity contribution in [3.63, 3.8) is 0 Å². The topological polar surface area (TPSA) is 95.9 Å². The van der Waals surface area contributed by atoms with Gasteiger partial charge in [0.25, 0.3) is 0 Å². The number of aliphatic carboxylic acids is 1. The van der Waals surface area contributed by atoms with Gasteiger partial charge in [0, 0.05) is 24.5 Å². The summed E-state index contributed by atoms with van der Waals surface area (Å²) >= 11 is 3.64. The van der Waals surface area contributed by atoms with E-state index >= 15 is 0 Å². The number of hydrogen-bond donors (Lipinski definition) is 2. The molecule has 2 aliphatic heterocycles. The summed E-state index contributed by atoms with van der Waals surface area (Å²) in [6.07, 6.45) is 2.38. The van der Waals surface area contributed by atoms with Crippen LogP contribution in [-0.4, -0.2) is 74.7 Å². The molecule has 2 fully saturated rings. The van der Waals surface area contributed by atoms with E-state index in [0.29, 0.717) is 25.8 Å². The number of nitrogens with zero attached hydrogens (tertiary/aromatic N) is 1. The highest BCUT2D eigenvalue weighted by molar-refractivity contribution is 8.21. The van der Waals surface area contributed by atoms with Crippen molar-refractivity contribution < 1.29 is 24.2 Å². The van der Waals surface area contributed by atoms with Crippen molar-refractivity contribution in [1.82, 2.24) is 10.2 Å². The van der Waals surface area contributed by atoms with Gasteiger partial charge in [-0.3, -0.25) is 14.9 Å². The summed E-state index contributed by atoms with van der Waals surface area (Å²) in [6, 6.07) is 7.65. The quantitative estimate of drug-likeness (QED) is 0.521. The smallest absolute Gasteiger partial charge is 0.326 e. The molecule has 2 N–H and O–H groups in total. The largest absolute Gasteiger partial charge is 0.480 e. The molecule has 1 aromatic carbocycles. The van der Waals surface area contributed by atoms with Crippen molar-refractivity contribution in [1.29, 1.82) is 0 Å². The van der Waals surface area contributed by atoms with Gasteiger partial charge in [0.2, 0.25) is 5.91 Å². The number of aryl methyl sites for hydroxylation is 1. The van der Waals surface area contributed by atoms with Crippen LogP contribution in [0, 0.1) is 0 Å². The molecule has 3 rings (SSSR count). The summed E-state index contributed by atoms with van der Waals surface area (Å²) in [5.41, 5.74) is 1.10. The third kappa shape index (κ3) is 6.20. The molecule has 0 aliphatic carbocycles. The van der Waals surface area contributed by atoms with E-state index in [1.54, 1.807) is 13.8 Å². The number of carbonyl (C=O) groups is 3. The third-order valence-electron chi connectivity index (χ3n) is 5.95. The van der Waals surface area contributed by atoms with Gasteiger partial charge in [0.1, 0.15) is 12.1 Å². The average Bonchev–Trinajstić information content (AvgIpc) is 3.24. The fraction of sp³-hybridized carbons (Fsp3) is 0.609. The van der Waals surface area contributed by atoms with Crippen LogP contribution in [0.25, 0.3) is 0 Å². The van der Waals surface area contributed by atoms with Gasteiger partial charge in [-0.05, 0) is 38.7 Å². The summed E-state index contributed by atoms with van der Waals surface area (Å²) in [5, 5.41) is 12.9. The molecular formula is C23H32N2O5S2. The van der Waals surface area contributed by atoms with Gasteiger partial charge >= 0.3 is 11.9 Å². The first-order valence-corrected chi connectivity index (χ1v) is 13.1. The number of esters is 1. The Labute approximate surface area is 198 Å². The molecule has 1 aromatic rings. The fourth-order valence-electron chi connectivity index (χ4n) is 4.29. The Hall–Kier alpha value is -1.71. The zero-order valence-electron chi connectivity index (χ0n) is 18.6. The molecule has 2 heterocycles. The fourth-order valence-corrected chi connectivity index (χ4v) is 7.55. The van der Waals surface area contributed by atoms with Crippen molar-refractivity contribution in [3.8, 4) is 0 Å². The second-order valence-corrected chi connectivity index (χ2v) is 11.4. The van der Waals surface area contributed by atoms with E-state index in [4.69, 9.17) is 4.74 Å². The molecule has 3 atom stereocenters. The number of thioether (sulfide) groups is 2. The van der Waals surface area contributed by atoms with Crippen LogP contribution in [0.5, 0.6) is 0 Å². The van der Waals surface area contributed by atoms with E-state index in [2.05, 4.69) is 5.32 Å². The van der Waals surface area contributed by atoms with Crippen LogP contribution < -0.4 is 5.32 Å². The van der Waals surface area contributed by atoms with Crippen LogP contribution in [0.4, 0.5) is 0 Å². The molecule has 1 spiro atoms. The van der Waals surface area contributed by atoms with E-state index in [1.807, 2.05) is 53.9 Å². The number of piperidine rings is 1. The number of ether oxygens (including phenoxy) is 1. The number of benzene rings is 1. The minimum absolute atomic E-state index is 0.0976. The molecule has 1 unspecified atom stereocenters. The molecule has 7 nitrogen and oxygen atoms in total. The highest BCUT2D eigenvalue weighted by Crippen LogP contribution is 2.52. The lowest BCUT2D eigenvalue weighted by Gasteiger charge is -2.43. The molecule has 1 amide bonds. The first kappa shape index (κ1) is 24.9. The molecule has 2 aliphatic rings. The van der Waals surface area contributed by atoms with Gasteiger partial charge in [-0.2, -0.15) is 0 Å². The van der Waals surface area contributed by atoms with Crippen LogP contribution >= 0.6 is 23.5 Å². The molecular weight excluding hydrogens is 448 g/mol. The Balaban J connectivity index is 1.65. The summed E-state index contributed by atoms with van der Waals surface area (Å²) in [7, 11) is 0. The van der Waals surface area contributed by atoms with Gasteiger partial charge in [0.15, 0.2) is 0 Å². The third-order valence-corrected chi connectivity index (χ3v) is 9.53. The lowest BCUT2D eigenvalue weighted by Crippen LogP contribution is -2.59. The number of amides is 1. The predicted octanol–water partition coefficient (Wildman–Crippen LogP) is 2.78. The van der Waals surface area contributed by atoms with Crippen molar-refractivity contribution in [2.24, 2.45) is 0 Å². The second kappa shape index (κ2) is 11.4. The first-order chi connectivity index (χ1) is 15.3. The molecule has 0 saturated carbocycles.